The fourth-order valence-corrected chi connectivity index (χ4v) is 4.95. The van der Waals surface area contributed by atoms with Crippen LogP contribution >= 0.6 is 11.8 Å². The summed E-state index contributed by atoms with van der Waals surface area (Å²) >= 11 is 1.40. The lowest BCUT2D eigenvalue weighted by molar-refractivity contribution is -0.118. The van der Waals surface area contributed by atoms with Gasteiger partial charge >= 0.3 is 0 Å². The molecular weight excluding hydrogens is 462 g/mol. The maximum Gasteiger partial charge on any atom is 0.261 e. The van der Waals surface area contributed by atoms with E-state index in [9.17, 15) is 18.0 Å². The van der Waals surface area contributed by atoms with Gasteiger partial charge in [-0.1, -0.05) is 26.0 Å². The first kappa shape index (κ1) is 25.1. The monoisotopic (exact) mass is 491 g/mol. The number of hydrogen-bond donors (Lipinski definition) is 3. The van der Waals surface area contributed by atoms with Crippen LogP contribution in [0.15, 0.2) is 52.3 Å². The average molecular weight is 492 g/mol. The van der Waals surface area contributed by atoms with Crippen LogP contribution in [0.5, 0.6) is 0 Å². The number of anilines is 2. The van der Waals surface area contributed by atoms with E-state index in [2.05, 4.69) is 15.4 Å². The minimum atomic E-state index is -4.02. The lowest BCUT2D eigenvalue weighted by atomic mass is 10.1. The SMILES string of the molecule is CSc1ccc(S(=O)(=O)Nc2ccccc2C(=O)NC[C@H]2CCCO2)cc1NC(=O)C(C)C. The predicted octanol–water partition coefficient (Wildman–Crippen LogP) is 3.71. The van der Waals surface area contributed by atoms with Crippen molar-refractivity contribution in [3.05, 3.63) is 48.0 Å². The summed E-state index contributed by atoms with van der Waals surface area (Å²) in [5, 5.41) is 5.60. The number of sulfonamides is 1. The van der Waals surface area contributed by atoms with Gasteiger partial charge in [-0.3, -0.25) is 14.3 Å². The third-order valence-electron chi connectivity index (χ3n) is 5.19. The van der Waals surface area contributed by atoms with Crippen molar-refractivity contribution in [3.63, 3.8) is 0 Å². The molecule has 2 aromatic rings. The Morgan fingerprint density at radius 1 is 1.15 bits per heavy atom. The van der Waals surface area contributed by atoms with Crippen molar-refractivity contribution in [2.45, 2.75) is 42.6 Å². The smallest absolute Gasteiger partial charge is 0.261 e. The molecule has 2 aromatic carbocycles. The van der Waals surface area contributed by atoms with E-state index in [0.29, 0.717) is 18.8 Å². The first-order valence-corrected chi connectivity index (χ1v) is 13.4. The molecule has 0 bridgehead atoms. The van der Waals surface area contributed by atoms with Crippen LogP contribution in [0.1, 0.15) is 37.0 Å². The zero-order valence-corrected chi connectivity index (χ0v) is 20.5. The van der Waals surface area contributed by atoms with E-state index in [4.69, 9.17) is 4.74 Å². The molecule has 1 saturated heterocycles. The van der Waals surface area contributed by atoms with Gasteiger partial charge in [-0.05, 0) is 49.4 Å². The molecule has 1 atom stereocenters. The quantitative estimate of drug-likeness (QED) is 0.461. The molecule has 0 aromatic heterocycles. The number of rotatable bonds is 9. The summed E-state index contributed by atoms with van der Waals surface area (Å²) in [6.07, 6.45) is 3.67. The average Bonchev–Trinajstić information content (AvgIpc) is 3.31. The van der Waals surface area contributed by atoms with Crippen molar-refractivity contribution >= 4 is 45.0 Å². The minimum absolute atomic E-state index is 0.0195. The highest BCUT2D eigenvalue weighted by molar-refractivity contribution is 7.98. The summed E-state index contributed by atoms with van der Waals surface area (Å²) < 4.78 is 34.3. The number of carbonyl (C=O) groups is 2. The zero-order chi connectivity index (χ0) is 24.0. The summed E-state index contributed by atoms with van der Waals surface area (Å²) in [4.78, 5) is 25.6. The van der Waals surface area contributed by atoms with Crippen LogP contribution in [0.2, 0.25) is 0 Å². The van der Waals surface area contributed by atoms with Gasteiger partial charge in [0.05, 0.1) is 27.9 Å². The molecule has 10 heteroatoms. The Bertz CT molecular complexity index is 1110. The van der Waals surface area contributed by atoms with Crippen molar-refractivity contribution in [1.29, 1.82) is 0 Å². The van der Waals surface area contributed by atoms with Gasteiger partial charge in [0.25, 0.3) is 15.9 Å². The molecule has 2 amide bonds. The maximum atomic E-state index is 13.1. The highest BCUT2D eigenvalue weighted by Gasteiger charge is 2.22. The van der Waals surface area contributed by atoms with E-state index < -0.39 is 10.0 Å². The summed E-state index contributed by atoms with van der Waals surface area (Å²) in [6, 6.07) is 11.0. The standard InChI is InChI=1S/C23H29N3O5S2/c1-15(2)22(27)25-20-13-17(10-11-21(20)32-3)33(29,30)26-19-9-5-4-8-18(19)23(28)24-14-16-7-6-12-31-16/h4-5,8-11,13,15-16,26H,6-7,12,14H2,1-3H3,(H,24,28)(H,25,27)/t16-/m1/s1. The molecule has 0 radical (unpaired) electrons. The number of nitrogens with one attached hydrogen (secondary N) is 3. The van der Waals surface area contributed by atoms with Gasteiger partial charge < -0.3 is 15.4 Å². The molecule has 178 valence electrons. The largest absolute Gasteiger partial charge is 0.376 e. The lowest BCUT2D eigenvalue weighted by Crippen LogP contribution is -2.32. The summed E-state index contributed by atoms with van der Waals surface area (Å²) in [5.74, 6) is -0.842. The highest BCUT2D eigenvalue weighted by Crippen LogP contribution is 2.30. The molecule has 0 spiro atoms. The molecular formula is C23H29N3O5S2. The fourth-order valence-electron chi connectivity index (χ4n) is 3.31. The van der Waals surface area contributed by atoms with Crippen molar-refractivity contribution in [2.24, 2.45) is 5.92 Å². The first-order valence-electron chi connectivity index (χ1n) is 10.7. The van der Waals surface area contributed by atoms with Crippen LogP contribution in [0, 0.1) is 5.92 Å². The van der Waals surface area contributed by atoms with Crippen LogP contribution in [0.25, 0.3) is 0 Å². The van der Waals surface area contributed by atoms with E-state index in [1.54, 1.807) is 38.1 Å². The second-order valence-corrected chi connectivity index (χ2v) is 10.5. The zero-order valence-electron chi connectivity index (χ0n) is 18.9. The number of amides is 2. The Labute approximate surface area is 198 Å². The first-order chi connectivity index (χ1) is 15.7. The molecule has 33 heavy (non-hydrogen) atoms. The van der Waals surface area contributed by atoms with Crippen LogP contribution in [0.3, 0.4) is 0 Å². The topological polar surface area (TPSA) is 114 Å². The number of carbonyl (C=O) groups excluding carboxylic acids is 2. The normalized spacial score (nSPS) is 15.9. The van der Waals surface area contributed by atoms with E-state index in [0.717, 1.165) is 17.7 Å². The Hall–Kier alpha value is -2.56. The molecule has 3 rings (SSSR count). The third kappa shape index (κ3) is 6.49. The van der Waals surface area contributed by atoms with Crippen LogP contribution in [-0.4, -0.2) is 45.7 Å². The minimum Gasteiger partial charge on any atom is -0.376 e. The summed E-state index contributed by atoms with van der Waals surface area (Å²) in [6.45, 7) is 4.58. The molecule has 1 heterocycles. The third-order valence-corrected chi connectivity index (χ3v) is 7.35. The second kappa shape index (κ2) is 11.0. The molecule has 0 aliphatic carbocycles. The number of ether oxygens (including phenoxy) is 1. The molecule has 8 nitrogen and oxygen atoms in total. The van der Waals surface area contributed by atoms with Crippen LogP contribution in [-0.2, 0) is 19.6 Å². The molecule has 0 unspecified atom stereocenters. The van der Waals surface area contributed by atoms with Gasteiger partial charge in [0.2, 0.25) is 5.91 Å². The predicted molar refractivity (Wildman–Crippen MR) is 130 cm³/mol. The Morgan fingerprint density at radius 3 is 2.58 bits per heavy atom. The van der Waals surface area contributed by atoms with Crippen LogP contribution in [0.4, 0.5) is 11.4 Å². The van der Waals surface area contributed by atoms with Gasteiger partial charge in [0.1, 0.15) is 0 Å². The van der Waals surface area contributed by atoms with Gasteiger partial charge in [0.15, 0.2) is 0 Å². The van der Waals surface area contributed by atoms with Crippen molar-refractivity contribution in [2.75, 3.05) is 29.4 Å². The summed E-state index contributed by atoms with van der Waals surface area (Å²) in [5.41, 5.74) is 0.809. The van der Waals surface area contributed by atoms with Crippen molar-refractivity contribution in [3.8, 4) is 0 Å². The van der Waals surface area contributed by atoms with E-state index in [1.165, 1.54) is 30.0 Å². The molecule has 0 saturated carbocycles. The van der Waals surface area contributed by atoms with Crippen molar-refractivity contribution < 1.29 is 22.7 Å². The number of para-hydroxylation sites is 1. The molecule has 3 N–H and O–H groups in total. The van der Waals surface area contributed by atoms with Gasteiger partial charge in [-0.15, -0.1) is 11.8 Å². The molecule has 1 aliphatic rings. The van der Waals surface area contributed by atoms with Gasteiger partial charge in [-0.25, -0.2) is 8.42 Å². The number of hydrogen-bond acceptors (Lipinski definition) is 6. The Kier molecular flexibility index (Phi) is 8.39. The van der Waals surface area contributed by atoms with Gasteiger partial charge in [-0.2, -0.15) is 0 Å². The molecule has 1 fully saturated rings. The van der Waals surface area contributed by atoms with Gasteiger partial charge in [0, 0.05) is 24.0 Å². The van der Waals surface area contributed by atoms with Crippen LogP contribution < -0.4 is 15.4 Å². The Balaban J connectivity index is 1.82. The molecule has 1 aliphatic heterocycles. The number of benzene rings is 2. The lowest BCUT2D eigenvalue weighted by Gasteiger charge is -2.16. The second-order valence-electron chi connectivity index (χ2n) is 8.00. The highest BCUT2D eigenvalue weighted by atomic mass is 32.2. The summed E-state index contributed by atoms with van der Waals surface area (Å²) in [7, 11) is -4.02. The maximum absolute atomic E-state index is 13.1. The van der Waals surface area contributed by atoms with Crippen molar-refractivity contribution in [1.82, 2.24) is 5.32 Å². The fraction of sp³-hybridized carbons (Fsp3) is 0.391. The number of thioether (sulfide) groups is 1. The Morgan fingerprint density at radius 2 is 1.91 bits per heavy atom. The van der Waals surface area contributed by atoms with E-state index in [1.807, 2.05) is 6.26 Å². The van der Waals surface area contributed by atoms with E-state index >= 15 is 0 Å². The van der Waals surface area contributed by atoms with E-state index in [-0.39, 0.29) is 40.0 Å².